The molecule has 0 bridgehead atoms. The Kier molecular flexibility index (Phi) is 6.33. The van der Waals surface area contributed by atoms with Gasteiger partial charge in [0.05, 0.1) is 11.4 Å². The van der Waals surface area contributed by atoms with Crippen molar-refractivity contribution in [2.75, 3.05) is 11.9 Å². The first-order chi connectivity index (χ1) is 13.6. The number of hydrogen-bond donors (Lipinski definition) is 1. The van der Waals surface area contributed by atoms with E-state index in [1.54, 1.807) is 18.7 Å². The van der Waals surface area contributed by atoms with E-state index in [0.717, 1.165) is 28.3 Å². The number of rotatable bonds is 5. The fourth-order valence-electron chi connectivity index (χ4n) is 3.12. The highest BCUT2D eigenvalue weighted by Crippen LogP contribution is 2.32. The van der Waals surface area contributed by atoms with Crippen LogP contribution in [0.4, 0.5) is 11.5 Å². The molecule has 1 N–H and O–H groups in total. The number of anilines is 1. The summed E-state index contributed by atoms with van der Waals surface area (Å²) in [5.41, 5.74) is 4.87. The van der Waals surface area contributed by atoms with Gasteiger partial charge in [-0.15, -0.1) is 0 Å². The zero-order chi connectivity index (χ0) is 19.5. The average Bonchev–Trinajstić information content (AvgIpc) is 2.73. The number of nitrogens with zero attached hydrogens (tertiary/aromatic N) is 5. The lowest BCUT2D eigenvalue weighted by Crippen LogP contribution is -2.14. The molecule has 0 spiro atoms. The maximum absolute atomic E-state index is 12.0. The van der Waals surface area contributed by atoms with Crippen LogP contribution in [0.3, 0.4) is 0 Å². The van der Waals surface area contributed by atoms with Crippen LogP contribution in [0, 0.1) is 6.92 Å². The summed E-state index contributed by atoms with van der Waals surface area (Å²) >= 11 is 0. The van der Waals surface area contributed by atoms with E-state index >= 15 is 0 Å². The molecule has 4 rings (SSSR count). The molecule has 0 saturated carbocycles. The molecule has 7 nitrogen and oxygen atoms in total. The lowest BCUT2D eigenvalue weighted by atomic mass is 9.96. The van der Waals surface area contributed by atoms with Gasteiger partial charge in [0, 0.05) is 54.8 Å². The normalized spacial score (nSPS) is 13.4. The second-order valence-electron chi connectivity index (χ2n) is 6.80. The SMILES string of the molecule is Cc1ccc(-c2cc(NC[C@@H](C)c3ccnc4c3N=CCC4=O)ncn2)cn1.S. The second-order valence-corrected chi connectivity index (χ2v) is 6.80. The molecule has 29 heavy (non-hydrogen) atoms. The smallest absolute Gasteiger partial charge is 0.188 e. The minimum atomic E-state index is 0. The summed E-state index contributed by atoms with van der Waals surface area (Å²) in [6.07, 6.45) is 6.99. The van der Waals surface area contributed by atoms with E-state index in [-0.39, 0.29) is 25.2 Å². The van der Waals surface area contributed by atoms with Crippen LogP contribution < -0.4 is 5.32 Å². The highest BCUT2D eigenvalue weighted by atomic mass is 32.1. The van der Waals surface area contributed by atoms with Crippen LogP contribution in [0.5, 0.6) is 0 Å². The molecule has 0 amide bonds. The number of hydrogen-bond acceptors (Lipinski definition) is 7. The first kappa shape index (κ1) is 20.6. The van der Waals surface area contributed by atoms with Gasteiger partial charge in [0.1, 0.15) is 17.8 Å². The topological polar surface area (TPSA) is 93.0 Å². The lowest BCUT2D eigenvalue weighted by molar-refractivity contribution is 0.0996. The van der Waals surface area contributed by atoms with Gasteiger partial charge in [-0.25, -0.2) is 9.97 Å². The van der Waals surface area contributed by atoms with E-state index in [0.29, 0.717) is 24.3 Å². The van der Waals surface area contributed by atoms with Crippen LogP contribution in [0.15, 0.2) is 48.0 Å². The summed E-state index contributed by atoms with van der Waals surface area (Å²) in [4.78, 5) is 33.6. The Balaban J connectivity index is 0.00000240. The maximum atomic E-state index is 12.0. The number of aliphatic imine (C=N–C) groups is 1. The summed E-state index contributed by atoms with van der Waals surface area (Å²) in [5, 5.41) is 3.35. The Bertz CT molecular complexity index is 1050. The van der Waals surface area contributed by atoms with E-state index in [2.05, 4.69) is 37.2 Å². The largest absolute Gasteiger partial charge is 0.369 e. The van der Waals surface area contributed by atoms with Gasteiger partial charge in [-0.3, -0.25) is 19.8 Å². The predicted octanol–water partition coefficient (Wildman–Crippen LogP) is 3.86. The number of Topliss-reactive ketones (excluding diaryl/α,β-unsaturated/α-hetero) is 1. The number of carbonyl (C=O) groups excluding carboxylic acids is 1. The van der Waals surface area contributed by atoms with Crippen molar-refractivity contribution in [2.24, 2.45) is 4.99 Å². The van der Waals surface area contributed by atoms with E-state index < -0.39 is 0 Å². The molecule has 0 unspecified atom stereocenters. The van der Waals surface area contributed by atoms with Crippen LogP contribution >= 0.6 is 13.5 Å². The fraction of sp³-hybridized carbons (Fsp3) is 0.238. The van der Waals surface area contributed by atoms with Crippen molar-refractivity contribution in [3.8, 4) is 11.3 Å². The van der Waals surface area contributed by atoms with Gasteiger partial charge in [0.15, 0.2) is 5.78 Å². The van der Waals surface area contributed by atoms with Gasteiger partial charge in [-0.05, 0) is 30.7 Å². The van der Waals surface area contributed by atoms with Gasteiger partial charge in [0.2, 0.25) is 0 Å². The molecular formula is C21H22N6OS. The third-order valence-electron chi connectivity index (χ3n) is 4.71. The molecule has 3 aromatic rings. The van der Waals surface area contributed by atoms with Crippen molar-refractivity contribution < 1.29 is 4.79 Å². The minimum absolute atomic E-state index is 0. The Morgan fingerprint density at radius 2 is 2.00 bits per heavy atom. The van der Waals surface area contributed by atoms with Crippen molar-refractivity contribution in [1.82, 2.24) is 19.9 Å². The summed E-state index contributed by atoms with van der Waals surface area (Å²) < 4.78 is 0. The van der Waals surface area contributed by atoms with Gasteiger partial charge >= 0.3 is 0 Å². The first-order valence-corrected chi connectivity index (χ1v) is 9.15. The summed E-state index contributed by atoms with van der Waals surface area (Å²) in [6, 6.07) is 7.78. The second kappa shape index (κ2) is 8.91. The molecule has 3 aromatic heterocycles. The van der Waals surface area contributed by atoms with Crippen molar-refractivity contribution in [3.05, 3.63) is 59.9 Å². The number of ketones is 1. The average molecular weight is 407 g/mol. The molecule has 8 heteroatoms. The molecule has 4 heterocycles. The highest BCUT2D eigenvalue weighted by molar-refractivity contribution is 7.59. The molecule has 1 aliphatic rings. The van der Waals surface area contributed by atoms with E-state index in [4.69, 9.17) is 0 Å². The Hall–Kier alpha value is -3.13. The Morgan fingerprint density at radius 3 is 2.79 bits per heavy atom. The lowest BCUT2D eigenvalue weighted by Gasteiger charge is -2.18. The van der Waals surface area contributed by atoms with Crippen molar-refractivity contribution in [1.29, 1.82) is 0 Å². The number of nitrogens with one attached hydrogen (secondary N) is 1. The molecule has 0 fully saturated rings. The zero-order valence-corrected chi connectivity index (χ0v) is 17.3. The van der Waals surface area contributed by atoms with Crippen LogP contribution in [0.25, 0.3) is 11.3 Å². The Morgan fingerprint density at radius 1 is 1.14 bits per heavy atom. The van der Waals surface area contributed by atoms with Crippen molar-refractivity contribution in [2.45, 2.75) is 26.2 Å². The standard InChI is InChI=1S/C21H20N6O.H2S/c1-13(16-5-7-23-21-18(28)6-8-22-20(16)21)10-25-19-9-17(26-12-27-19)15-4-3-14(2)24-11-15;/h3-5,7-9,11-13H,6,10H2,1-2H3,(H,25,26,27);1H2/t13-;/m1./s1. The molecule has 1 aliphatic heterocycles. The molecular weight excluding hydrogens is 384 g/mol. The summed E-state index contributed by atoms with van der Waals surface area (Å²) in [7, 11) is 0. The summed E-state index contributed by atoms with van der Waals surface area (Å²) in [6.45, 7) is 4.68. The molecule has 0 aromatic carbocycles. The number of aryl methyl sites for hydroxylation is 1. The molecule has 0 aliphatic carbocycles. The number of aromatic nitrogens is 4. The molecule has 0 saturated heterocycles. The number of pyridine rings is 2. The number of fused-ring (bicyclic) bond motifs is 1. The third-order valence-corrected chi connectivity index (χ3v) is 4.71. The third kappa shape index (κ3) is 4.48. The monoisotopic (exact) mass is 406 g/mol. The minimum Gasteiger partial charge on any atom is -0.369 e. The van der Waals surface area contributed by atoms with E-state index in [1.165, 1.54) is 0 Å². The van der Waals surface area contributed by atoms with Crippen LogP contribution in [0.2, 0.25) is 0 Å². The fourth-order valence-corrected chi connectivity index (χ4v) is 3.12. The maximum Gasteiger partial charge on any atom is 0.188 e. The predicted molar refractivity (Wildman–Crippen MR) is 119 cm³/mol. The van der Waals surface area contributed by atoms with Gasteiger partial charge < -0.3 is 5.32 Å². The van der Waals surface area contributed by atoms with Crippen LogP contribution in [-0.2, 0) is 0 Å². The molecule has 1 atom stereocenters. The Labute approximate surface area is 176 Å². The molecule has 0 radical (unpaired) electrons. The quantitative estimate of drug-likeness (QED) is 0.692. The van der Waals surface area contributed by atoms with Crippen molar-refractivity contribution >= 4 is 37.0 Å². The van der Waals surface area contributed by atoms with Gasteiger partial charge in [0.25, 0.3) is 0 Å². The van der Waals surface area contributed by atoms with Gasteiger partial charge in [-0.1, -0.05) is 6.92 Å². The first-order valence-electron chi connectivity index (χ1n) is 9.15. The highest BCUT2D eigenvalue weighted by Gasteiger charge is 2.21. The number of carbonyl (C=O) groups is 1. The van der Waals surface area contributed by atoms with Crippen LogP contribution in [-0.4, -0.2) is 38.5 Å². The van der Waals surface area contributed by atoms with Crippen molar-refractivity contribution in [3.63, 3.8) is 0 Å². The van der Waals surface area contributed by atoms with E-state index in [1.807, 2.05) is 37.4 Å². The zero-order valence-electron chi connectivity index (χ0n) is 16.3. The summed E-state index contributed by atoms with van der Waals surface area (Å²) in [5.74, 6) is 0.873. The molecule has 148 valence electrons. The van der Waals surface area contributed by atoms with E-state index in [9.17, 15) is 4.79 Å². The van der Waals surface area contributed by atoms with Crippen LogP contribution in [0.1, 0.15) is 41.0 Å². The van der Waals surface area contributed by atoms with Gasteiger partial charge in [-0.2, -0.15) is 13.5 Å².